The number of likely N-dealkylation sites (tertiary alicyclic amines) is 1. The van der Waals surface area contributed by atoms with Crippen LogP contribution in [0.4, 0.5) is 5.00 Å². The molecule has 7 nitrogen and oxygen atoms in total. The number of carbonyl (C=O) groups excluding carboxylic acids is 3. The van der Waals surface area contributed by atoms with Crippen LogP contribution in [0, 0.1) is 6.92 Å². The van der Waals surface area contributed by atoms with Crippen molar-refractivity contribution >= 4 is 34.1 Å². The van der Waals surface area contributed by atoms with Crippen molar-refractivity contribution in [1.82, 2.24) is 10.2 Å². The molecule has 33 heavy (non-hydrogen) atoms. The number of thiophene rings is 1. The van der Waals surface area contributed by atoms with Gasteiger partial charge in [0.15, 0.2) is 5.76 Å². The molecule has 0 unspecified atom stereocenters. The van der Waals surface area contributed by atoms with Gasteiger partial charge in [-0.25, -0.2) is 0 Å². The molecule has 0 atom stereocenters. The van der Waals surface area contributed by atoms with Gasteiger partial charge in [-0.1, -0.05) is 30.3 Å². The molecule has 1 aliphatic rings. The smallest absolute Gasteiger partial charge is 0.286 e. The Morgan fingerprint density at radius 2 is 1.79 bits per heavy atom. The van der Waals surface area contributed by atoms with Gasteiger partial charge >= 0.3 is 0 Å². The quantitative estimate of drug-likeness (QED) is 0.529. The molecule has 0 saturated carbocycles. The second-order valence-corrected chi connectivity index (χ2v) is 9.03. The minimum Gasteiger partial charge on any atom is -0.459 e. The zero-order valence-corrected chi connectivity index (χ0v) is 19.4. The first-order chi connectivity index (χ1) is 16.0. The molecule has 0 bridgehead atoms. The van der Waals surface area contributed by atoms with Crippen LogP contribution in [0.15, 0.2) is 53.1 Å². The van der Waals surface area contributed by atoms with Crippen LogP contribution in [-0.2, 0) is 4.79 Å². The molecule has 0 radical (unpaired) electrons. The molecule has 1 aliphatic heterocycles. The van der Waals surface area contributed by atoms with Crippen LogP contribution in [0.25, 0.3) is 10.4 Å². The number of hydrogen-bond acceptors (Lipinski definition) is 5. The summed E-state index contributed by atoms with van der Waals surface area (Å²) in [5.74, 6) is -0.464. The number of rotatable bonds is 7. The van der Waals surface area contributed by atoms with Gasteiger partial charge in [-0.3, -0.25) is 14.4 Å². The first-order valence-electron chi connectivity index (χ1n) is 11.1. The van der Waals surface area contributed by atoms with Gasteiger partial charge in [0.2, 0.25) is 5.91 Å². The lowest BCUT2D eigenvalue weighted by molar-refractivity contribution is -0.116. The molecule has 172 valence electrons. The summed E-state index contributed by atoms with van der Waals surface area (Å²) in [4.78, 5) is 40.9. The summed E-state index contributed by atoms with van der Waals surface area (Å²) in [7, 11) is 0. The molecule has 3 amide bonds. The van der Waals surface area contributed by atoms with E-state index in [0.717, 1.165) is 48.4 Å². The molecule has 1 saturated heterocycles. The van der Waals surface area contributed by atoms with Gasteiger partial charge in [0.25, 0.3) is 11.8 Å². The Bertz CT molecular complexity index is 1120. The van der Waals surface area contributed by atoms with Crippen LogP contribution in [0.2, 0.25) is 0 Å². The third-order valence-electron chi connectivity index (χ3n) is 5.68. The minimum atomic E-state index is -0.368. The van der Waals surface area contributed by atoms with E-state index < -0.39 is 0 Å². The van der Waals surface area contributed by atoms with Crippen molar-refractivity contribution in [3.63, 3.8) is 0 Å². The molecular formula is C25H27N3O4S. The van der Waals surface area contributed by atoms with Crippen LogP contribution in [0.3, 0.4) is 0 Å². The van der Waals surface area contributed by atoms with E-state index in [2.05, 4.69) is 10.6 Å². The topological polar surface area (TPSA) is 91.6 Å². The summed E-state index contributed by atoms with van der Waals surface area (Å²) in [6, 6.07) is 13.1. The van der Waals surface area contributed by atoms with Crippen molar-refractivity contribution in [2.75, 3.05) is 25.0 Å². The molecule has 0 spiro atoms. The van der Waals surface area contributed by atoms with Crippen molar-refractivity contribution in [2.45, 2.75) is 32.6 Å². The van der Waals surface area contributed by atoms with Crippen LogP contribution in [0.5, 0.6) is 0 Å². The first-order valence-corrected chi connectivity index (χ1v) is 12.0. The molecule has 3 aromatic rings. The average molecular weight is 466 g/mol. The SMILES string of the molecule is Cc1c(-c2ccccc2)sc(NC(=O)CCNC(=O)c2ccco2)c1C(=O)N1CCCCC1. The number of benzene rings is 1. The summed E-state index contributed by atoms with van der Waals surface area (Å²) in [5.41, 5.74) is 2.45. The average Bonchev–Trinajstić information content (AvgIpc) is 3.48. The second-order valence-electron chi connectivity index (χ2n) is 8.01. The van der Waals surface area contributed by atoms with Gasteiger partial charge in [-0.15, -0.1) is 11.3 Å². The Morgan fingerprint density at radius 3 is 2.48 bits per heavy atom. The lowest BCUT2D eigenvalue weighted by Crippen LogP contribution is -2.36. The fraction of sp³-hybridized carbons (Fsp3) is 0.320. The Hall–Kier alpha value is -3.39. The Labute approximate surface area is 196 Å². The van der Waals surface area contributed by atoms with E-state index in [-0.39, 0.29) is 36.4 Å². The Kier molecular flexibility index (Phi) is 7.24. The molecule has 2 aromatic heterocycles. The van der Waals surface area contributed by atoms with Crippen molar-refractivity contribution in [3.8, 4) is 10.4 Å². The summed E-state index contributed by atoms with van der Waals surface area (Å²) in [6.07, 6.45) is 4.64. The number of carbonyl (C=O) groups is 3. The molecule has 4 rings (SSSR count). The number of piperidine rings is 1. The summed E-state index contributed by atoms with van der Waals surface area (Å²) < 4.78 is 5.05. The molecule has 3 heterocycles. The predicted octanol–water partition coefficient (Wildman–Crippen LogP) is 4.70. The number of nitrogens with one attached hydrogen (secondary N) is 2. The van der Waals surface area contributed by atoms with Crippen molar-refractivity contribution in [2.24, 2.45) is 0 Å². The first kappa shape index (κ1) is 22.8. The summed E-state index contributed by atoms with van der Waals surface area (Å²) in [6.45, 7) is 3.58. The third kappa shape index (κ3) is 5.34. The van der Waals surface area contributed by atoms with Crippen LogP contribution in [0.1, 0.15) is 52.2 Å². The maximum absolute atomic E-state index is 13.4. The normalized spacial score (nSPS) is 13.5. The van der Waals surface area contributed by atoms with E-state index in [1.807, 2.05) is 42.2 Å². The minimum absolute atomic E-state index is 0.0351. The molecule has 1 aromatic carbocycles. The maximum atomic E-state index is 13.4. The van der Waals surface area contributed by atoms with E-state index in [9.17, 15) is 14.4 Å². The predicted molar refractivity (Wildman–Crippen MR) is 129 cm³/mol. The fourth-order valence-corrected chi connectivity index (χ4v) is 5.17. The third-order valence-corrected chi connectivity index (χ3v) is 6.93. The van der Waals surface area contributed by atoms with Gasteiger partial charge in [0.05, 0.1) is 11.8 Å². The maximum Gasteiger partial charge on any atom is 0.286 e. The molecule has 1 fully saturated rings. The number of anilines is 1. The highest BCUT2D eigenvalue weighted by molar-refractivity contribution is 7.20. The monoisotopic (exact) mass is 465 g/mol. The highest BCUT2D eigenvalue weighted by Gasteiger charge is 2.27. The van der Waals surface area contributed by atoms with Crippen LogP contribution in [-0.4, -0.2) is 42.3 Å². The highest BCUT2D eigenvalue weighted by atomic mass is 32.1. The van der Waals surface area contributed by atoms with E-state index >= 15 is 0 Å². The van der Waals surface area contributed by atoms with Crippen LogP contribution < -0.4 is 10.6 Å². The molecular weight excluding hydrogens is 438 g/mol. The molecule has 0 aliphatic carbocycles. The zero-order valence-electron chi connectivity index (χ0n) is 18.6. The van der Waals surface area contributed by atoms with Gasteiger partial charge < -0.3 is 20.0 Å². The molecule has 2 N–H and O–H groups in total. The number of nitrogens with zero attached hydrogens (tertiary/aromatic N) is 1. The second kappa shape index (κ2) is 10.5. The lowest BCUT2D eigenvalue weighted by atomic mass is 10.0. The standard InChI is InChI=1S/C25H27N3O4S/c1-17-21(25(31)28-14-6-3-7-15-28)24(33-22(17)18-9-4-2-5-10-18)27-20(29)12-13-26-23(30)19-11-8-16-32-19/h2,4-5,8-11,16H,3,6-7,12-15H2,1H3,(H,26,30)(H,27,29). The van der Waals surface area contributed by atoms with Crippen LogP contribution >= 0.6 is 11.3 Å². The van der Waals surface area contributed by atoms with Gasteiger partial charge in [0, 0.05) is 30.9 Å². The Balaban J connectivity index is 1.51. The van der Waals surface area contributed by atoms with Crippen molar-refractivity contribution in [3.05, 3.63) is 65.6 Å². The fourth-order valence-electron chi connectivity index (χ4n) is 3.95. The van der Waals surface area contributed by atoms with E-state index in [1.165, 1.54) is 17.6 Å². The van der Waals surface area contributed by atoms with Gasteiger partial charge in [0.1, 0.15) is 5.00 Å². The summed E-state index contributed by atoms with van der Waals surface area (Å²) in [5, 5.41) is 6.15. The summed E-state index contributed by atoms with van der Waals surface area (Å²) >= 11 is 1.42. The van der Waals surface area contributed by atoms with Gasteiger partial charge in [-0.2, -0.15) is 0 Å². The van der Waals surface area contributed by atoms with Crippen molar-refractivity contribution in [1.29, 1.82) is 0 Å². The number of hydrogen-bond donors (Lipinski definition) is 2. The largest absolute Gasteiger partial charge is 0.459 e. The van der Waals surface area contributed by atoms with E-state index in [1.54, 1.807) is 12.1 Å². The van der Waals surface area contributed by atoms with Gasteiger partial charge in [-0.05, 0) is 49.4 Å². The van der Waals surface area contributed by atoms with Crippen molar-refractivity contribution < 1.29 is 18.8 Å². The zero-order chi connectivity index (χ0) is 23.2. The molecule has 8 heteroatoms. The highest BCUT2D eigenvalue weighted by Crippen LogP contribution is 2.40. The van der Waals surface area contributed by atoms with E-state index in [4.69, 9.17) is 4.42 Å². The van der Waals surface area contributed by atoms with E-state index in [0.29, 0.717) is 10.6 Å². The number of furan rings is 1. The Morgan fingerprint density at radius 1 is 1.03 bits per heavy atom. The number of amides is 3. The lowest BCUT2D eigenvalue weighted by Gasteiger charge is -2.27.